The molecule has 0 amide bonds. The summed E-state index contributed by atoms with van der Waals surface area (Å²) in [6.07, 6.45) is 0.577. The molecule has 0 aliphatic carbocycles. The van der Waals surface area contributed by atoms with E-state index in [1.54, 1.807) is 13.8 Å². The summed E-state index contributed by atoms with van der Waals surface area (Å²) in [4.78, 5) is 19.6. The third-order valence-corrected chi connectivity index (χ3v) is 2.63. The molecule has 0 fully saturated rings. The maximum absolute atomic E-state index is 11.7. The van der Waals surface area contributed by atoms with Crippen LogP contribution in [-0.2, 0) is 0 Å². The van der Waals surface area contributed by atoms with Gasteiger partial charge < -0.3 is 5.11 Å². The Morgan fingerprint density at radius 3 is 2.24 bits per heavy atom. The fourth-order valence-electron chi connectivity index (χ4n) is 1.45. The second-order valence-corrected chi connectivity index (χ2v) is 3.71. The van der Waals surface area contributed by atoms with Crippen molar-refractivity contribution in [2.45, 2.75) is 26.2 Å². The van der Waals surface area contributed by atoms with Crippen LogP contribution in [0.3, 0.4) is 0 Å². The third kappa shape index (κ3) is 2.49. The second kappa shape index (κ2) is 4.77. The summed E-state index contributed by atoms with van der Waals surface area (Å²) in [5.41, 5.74) is -1.05. The van der Waals surface area contributed by atoms with Crippen LogP contribution in [0.15, 0.2) is 12.1 Å². The third-order valence-electron chi connectivity index (χ3n) is 2.63. The van der Waals surface area contributed by atoms with Gasteiger partial charge in [-0.1, -0.05) is 13.8 Å². The summed E-state index contributed by atoms with van der Waals surface area (Å²) in [6.45, 7) is 3.50. The predicted octanol–water partition coefficient (Wildman–Crippen LogP) is 2.09. The molecular formula is C10H11N2O5-. The first-order valence-electron chi connectivity index (χ1n) is 5.02. The first-order valence-corrected chi connectivity index (χ1v) is 5.02. The van der Waals surface area contributed by atoms with Gasteiger partial charge in [-0.05, 0) is 23.7 Å². The molecule has 7 heteroatoms. The molecule has 1 rings (SSSR count). The van der Waals surface area contributed by atoms with Gasteiger partial charge in [-0.15, -0.1) is 0 Å². The maximum Gasteiger partial charge on any atom is 0.276 e. The summed E-state index contributed by atoms with van der Waals surface area (Å²) >= 11 is 0. The van der Waals surface area contributed by atoms with Crippen LogP contribution in [0.25, 0.3) is 0 Å². The van der Waals surface area contributed by atoms with Crippen molar-refractivity contribution in [1.82, 2.24) is 0 Å². The summed E-state index contributed by atoms with van der Waals surface area (Å²) in [7, 11) is 0. The minimum absolute atomic E-state index is 0.119. The number of hydrogen-bond donors (Lipinski definition) is 0. The molecule has 0 heterocycles. The molecule has 0 aliphatic rings. The van der Waals surface area contributed by atoms with Gasteiger partial charge in [0.15, 0.2) is 0 Å². The average molecular weight is 239 g/mol. The minimum atomic E-state index is -0.888. The van der Waals surface area contributed by atoms with Crippen LogP contribution in [0.4, 0.5) is 11.4 Å². The average Bonchev–Trinajstić information content (AvgIpc) is 2.27. The van der Waals surface area contributed by atoms with Crippen LogP contribution in [0.5, 0.6) is 5.75 Å². The van der Waals surface area contributed by atoms with Crippen molar-refractivity contribution in [3.05, 3.63) is 37.9 Å². The zero-order valence-electron chi connectivity index (χ0n) is 9.37. The van der Waals surface area contributed by atoms with E-state index in [1.165, 1.54) is 0 Å². The highest BCUT2D eigenvalue weighted by Crippen LogP contribution is 2.37. The first-order chi connectivity index (χ1) is 7.88. The molecule has 7 nitrogen and oxygen atoms in total. The Kier molecular flexibility index (Phi) is 3.62. The molecule has 92 valence electrons. The quantitative estimate of drug-likeness (QED) is 0.590. The number of nitro benzene ring substituents is 2. The predicted molar refractivity (Wildman–Crippen MR) is 57.9 cm³/mol. The van der Waals surface area contributed by atoms with E-state index < -0.39 is 27.0 Å². The number of rotatable bonds is 4. The van der Waals surface area contributed by atoms with Crippen molar-refractivity contribution in [2.24, 2.45) is 0 Å². The van der Waals surface area contributed by atoms with E-state index in [2.05, 4.69) is 0 Å². The normalized spacial score (nSPS) is 12.1. The fraction of sp³-hybridized carbons (Fsp3) is 0.400. The number of nitrogens with zero attached hydrogens (tertiary/aromatic N) is 2. The smallest absolute Gasteiger partial charge is 0.276 e. The lowest BCUT2D eigenvalue weighted by molar-refractivity contribution is -0.403. The van der Waals surface area contributed by atoms with E-state index in [0.717, 1.165) is 6.07 Å². The molecule has 0 N–H and O–H groups in total. The molecule has 0 spiro atoms. The highest BCUT2D eigenvalue weighted by Gasteiger charge is 2.20. The highest BCUT2D eigenvalue weighted by atomic mass is 16.6. The van der Waals surface area contributed by atoms with Crippen LogP contribution in [0.1, 0.15) is 31.7 Å². The van der Waals surface area contributed by atoms with Crippen molar-refractivity contribution in [1.29, 1.82) is 0 Å². The summed E-state index contributed by atoms with van der Waals surface area (Å²) < 4.78 is 0. The zero-order chi connectivity index (χ0) is 13.2. The van der Waals surface area contributed by atoms with Crippen molar-refractivity contribution in [3.8, 4) is 5.75 Å². The molecule has 1 aromatic carbocycles. The fourth-order valence-corrected chi connectivity index (χ4v) is 1.45. The number of nitro groups is 2. The summed E-state index contributed by atoms with van der Waals surface area (Å²) in [6, 6.07) is 1.82. The van der Waals surface area contributed by atoms with Crippen LogP contribution in [0.2, 0.25) is 0 Å². The van der Waals surface area contributed by atoms with E-state index in [-0.39, 0.29) is 11.5 Å². The lowest BCUT2D eigenvalue weighted by Gasteiger charge is -2.17. The van der Waals surface area contributed by atoms with E-state index in [9.17, 15) is 25.3 Å². The first kappa shape index (κ1) is 12.9. The Labute approximate surface area is 97.0 Å². The van der Waals surface area contributed by atoms with Crippen molar-refractivity contribution < 1.29 is 15.0 Å². The Morgan fingerprint density at radius 1 is 1.24 bits per heavy atom. The Hall–Kier alpha value is -2.18. The topological polar surface area (TPSA) is 109 Å². The minimum Gasteiger partial charge on any atom is -0.868 e. The van der Waals surface area contributed by atoms with E-state index in [0.29, 0.717) is 12.5 Å². The molecule has 17 heavy (non-hydrogen) atoms. The number of non-ortho nitro benzene ring substituents is 1. The van der Waals surface area contributed by atoms with Gasteiger partial charge in [0, 0.05) is 6.07 Å². The molecule has 0 unspecified atom stereocenters. The standard InChI is InChI=1S/C10H12N2O5/c1-3-6(2)8-4-7(11(14)15)5-9(10(8)13)12(16)17/h4-6,13H,3H2,1-2H3/p-1/t6-/m1/s1. The van der Waals surface area contributed by atoms with E-state index in [1.807, 2.05) is 0 Å². The van der Waals surface area contributed by atoms with Crippen LogP contribution < -0.4 is 5.11 Å². The van der Waals surface area contributed by atoms with Gasteiger partial charge in [0.25, 0.3) is 11.4 Å². The SMILES string of the molecule is CC[C@@H](C)c1cc([N+](=O)[O-])cc([N+](=O)[O-])c1[O-]. The number of benzene rings is 1. The lowest BCUT2D eigenvalue weighted by atomic mass is 9.96. The van der Waals surface area contributed by atoms with Crippen LogP contribution in [0, 0.1) is 20.2 Å². The van der Waals surface area contributed by atoms with Gasteiger partial charge in [0.05, 0.1) is 15.9 Å². The van der Waals surface area contributed by atoms with Gasteiger partial charge in [0.1, 0.15) is 0 Å². The zero-order valence-corrected chi connectivity index (χ0v) is 9.37. The van der Waals surface area contributed by atoms with Crippen LogP contribution >= 0.6 is 0 Å². The molecule has 0 aromatic heterocycles. The Morgan fingerprint density at radius 2 is 1.82 bits per heavy atom. The van der Waals surface area contributed by atoms with E-state index in [4.69, 9.17) is 0 Å². The molecule has 1 aromatic rings. The molecule has 1 atom stereocenters. The second-order valence-electron chi connectivity index (χ2n) is 3.71. The molecule has 0 aliphatic heterocycles. The molecule has 0 bridgehead atoms. The maximum atomic E-state index is 11.7. The molecule has 0 saturated carbocycles. The van der Waals surface area contributed by atoms with Gasteiger partial charge in [-0.2, -0.15) is 0 Å². The van der Waals surface area contributed by atoms with Crippen molar-refractivity contribution in [2.75, 3.05) is 0 Å². The van der Waals surface area contributed by atoms with Gasteiger partial charge in [0.2, 0.25) is 0 Å². The van der Waals surface area contributed by atoms with Gasteiger partial charge in [-0.3, -0.25) is 20.2 Å². The Bertz CT molecular complexity index is 472. The molecular weight excluding hydrogens is 228 g/mol. The van der Waals surface area contributed by atoms with Gasteiger partial charge >= 0.3 is 0 Å². The van der Waals surface area contributed by atoms with E-state index >= 15 is 0 Å². The lowest BCUT2D eigenvalue weighted by Crippen LogP contribution is -2.06. The monoisotopic (exact) mass is 239 g/mol. The van der Waals surface area contributed by atoms with Crippen molar-refractivity contribution >= 4 is 11.4 Å². The number of hydrogen-bond acceptors (Lipinski definition) is 5. The van der Waals surface area contributed by atoms with Crippen molar-refractivity contribution in [3.63, 3.8) is 0 Å². The largest absolute Gasteiger partial charge is 0.868 e. The Balaban J connectivity index is 3.48. The molecule has 0 radical (unpaired) electrons. The summed E-state index contributed by atoms with van der Waals surface area (Å²) in [5.74, 6) is -0.990. The summed E-state index contributed by atoms with van der Waals surface area (Å²) in [5, 5.41) is 33.0. The molecule has 0 saturated heterocycles. The highest BCUT2D eigenvalue weighted by molar-refractivity contribution is 5.58. The van der Waals surface area contributed by atoms with Crippen LogP contribution in [-0.4, -0.2) is 9.85 Å². The van der Waals surface area contributed by atoms with Gasteiger partial charge in [-0.25, -0.2) is 0 Å².